The van der Waals surface area contributed by atoms with E-state index in [0.29, 0.717) is 33.8 Å². The molecule has 2 saturated heterocycles. The highest BCUT2D eigenvalue weighted by atomic mass is 35.5. The van der Waals surface area contributed by atoms with Crippen molar-refractivity contribution in [3.05, 3.63) is 77.1 Å². The van der Waals surface area contributed by atoms with Gasteiger partial charge in [0.05, 0.1) is 36.4 Å². The Hall–Kier alpha value is -4.00. The fraction of sp³-hybridized carbons (Fsp3) is 0.379. The van der Waals surface area contributed by atoms with E-state index in [4.69, 9.17) is 26.1 Å². The van der Waals surface area contributed by atoms with Gasteiger partial charge in [0.1, 0.15) is 35.6 Å². The van der Waals surface area contributed by atoms with Crippen molar-refractivity contribution in [3.63, 3.8) is 0 Å². The Morgan fingerprint density at radius 2 is 1.98 bits per heavy atom. The molecule has 0 saturated carbocycles. The first-order chi connectivity index (χ1) is 20.6. The third-order valence-electron chi connectivity index (χ3n) is 7.78. The van der Waals surface area contributed by atoms with Crippen LogP contribution < -0.4 is 4.74 Å². The molecular formula is C29H29ClFN9O2. The van der Waals surface area contributed by atoms with Gasteiger partial charge in [-0.2, -0.15) is 4.98 Å². The molecule has 1 atom stereocenters. The van der Waals surface area contributed by atoms with E-state index in [1.165, 1.54) is 6.07 Å². The maximum Gasteiger partial charge on any atom is 0.216 e. The number of rotatable bonds is 9. The molecule has 11 nitrogen and oxygen atoms in total. The fourth-order valence-electron chi connectivity index (χ4n) is 5.41. The number of aromatic nitrogens is 8. The molecule has 0 bridgehead atoms. The minimum Gasteiger partial charge on any atom is -0.474 e. The number of nitrogens with one attached hydrogen (secondary N) is 1. The summed E-state index contributed by atoms with van der Waals surface area (Å²) in [7, 11) is 0. The predicted octanol–water partition coefficient (Wildman–Crippen LogP) is 4.22. The lowest BCUT2D eigenvalue weighted by Crippen LogP contribution is -2.39. The van der Waals surface area contributed by atoms with Crippen molar-refractivity contribution in [2.75, 3.05) is 19.7 Å². The van der Waals surface area contributed by atoms with Crippen LogP contribution >= 0.6 is 11.6 Å². The van der Waals surface area contributed by atoms with Gasteiger partial charge in [-0.25, -0.2) is 14.4 Å². The molecular weight excluding hydrogens is 561 g/mol. The molecule has 7 rings (SSSR count). The summed E-state index contributed by atoms with van der Waals surface area (Å²) in [6.07, 6.45) is 8.31. The van der Waals surface area contributed by atoms with Crippen molar-refractivity contribution in [2.45, 2.75) is 51.0 Å². The van der Waals surface area contributed by atoms with Crippen LogP contribution in [0.1, 0.15) is 36.5 Å². The van der Waals surface area contributed by atoms with E-state index in [0.717, 1.165) is 68.9 Å². The lowest BCUT2D eigenvalue weighted by molar-refractivity contribution is -0.0592. The molecule has 216 valence electrons. The molecule has 42 heavy (non-hydrogen) atoms. The van der Waals surface area contributed by atoms with Crippen molar-refractivity contribution >= 4 is 22.6 Å². The molecule has 13 heteroatoms. The van der Waals surface area contributed by atoms with Crippen LogP contribution in [0.25, 0.3) is 22.6 Å². The first-order valence-electron chi connectivity index (χ1n) is 14.1. The number of H-pyrrole nitrogens is 1. The Balaban J connectivity index is 1.00. The molecule has 6 heterocycles. The van der Waals surface area contributed by atoms with Crippen LogP contribution in [0.3, 0.4) is 0 Å². The Morgan fingerprint density at radius 1 is 1.10 bits per heavy atom. The highest BCUT2D eigenvalue weighted by molar-refractivity contribution is 6.30. The van der Waals surface area contributed by atoms with E-state index >= 15 is 0 Å². The van der Waals surface area contributed by atoms with Gasteiger partial charge in [0.15, 0.2) is 5.82 Å². The number of nitrogens with zero attached hydrogens (tertiary/aromatic N) is 8. The number of hydrogen-bond acceptors (Lipinski definition) is 9. The second-order valence-corrected chi connectivity index (χ2v) is 11.1. The lowest BCUT2D eigenvalue weighted by Gasteiger charge is -2.32. The van der Waals surface area contributed by atoms with Crippen LogP contribution in [0.5, 0.6) is 5.88 Å². The number of benzene rings is 1. The predicted molar refractivity (Wildman–Crippen MR) is 152 cm³/mol. The summed E-state index contributed by atoms with van der Waals surface area (Å²) in [5, 5.41) is 8.31. The van der Waals surface area contributed by atoms with Gasteiger partial charge in [-0.05, 0) is 43.0 Å². The second-order valence-electron chi connectivity index (χ2n) is 10.6. The van der Waals surface area contributed by atoms with E-state index in [-0.39, 0.29) is 24.4 Å². The van der Waals surface area contributed by atoms with E-state index in [2.05, 4.69) is 39.6 Å². The number of imidazole rings is 1. The molecule has 2 aliphatic heterocycles. The molecule has 0 aliphatic carbocycles. The number of pyridine rings is 1. The van der Waals surface area contributed by atoms with Crippen molar-refractivity contribution < 1.29 is 13.9 Å². The zero-order valence-electron chi connectivity index (χ0n) is 22.8. The number of piperidine rings is 1. The Bertz CT molecular complexity index is 1680. The molecule has 1 N–H and O–H groups in total. The number of likely N-dealkylation sites (tertiary alicyclic amines) is 1. The summed E-state index contributed by atoms with van der Waals surface area (Å²) in [5.41, 5.74) is 3.06. The van der Waals surface area contributed by atoms with E-state index < -0.39 is 0 Å². The Kier molecular flexibility index (Phi) is 7.49. The van der Waals surface area contributed by atoms with Crippen LogP contribution in [0.4, 0.5) is 4.39 Å². The summed E-state index contributed by atoms with van der Waals surface area (Å²) >= 11 is 5.87. The summed E-state index contributed by atoms with van der Waals surface area (Å²) in [5.74, 6) is 2.24. The number of hydrogen-bond donors (Lipinski definition) is 1. The topological polar surface area (TPSA) is 120 Å². The summed E-state index contributed by atoms with van der Waals surface area (Å²) in [6, 6.07) is 8.32. The van der Waals surface area contributed by atoms with Gasteiger partial charge in [0.25, 0.3) is 0 Å². The van der Waals surface area contributed by atoms with Crippen molar-refractivity contribution in [1.29, 1.82) is 0 Å². The largest absolute Gasteiger partial charge is 0.474 e. The quantitative estimate of drug-likeness (QED) is 0.269. The zero-order valence-corrected chi connectivity index (χ0v) is 23.5. The van der Waals surface area contributed by atoms with Crippen LogP contribution in [-0.2, 0) is 24.2 Å². The number of aromatic amines is 1. The maximum atomic E-state index is 14.2. The van der Waals surface area contributed by atoms with Gasteiger partial charge in [0.2, 0.25) is 5.88 Å². The zero-order chi connectivity index (χ0) is 28.5. The van der Waals surface area contributed by atoms with Crippen LogP contribution in [0.2, 0.25) is 5.02 Å². The van der Waals surface area contributed by atoms with Gasteiger partial charge in [-0.15, -0.1) is 10.2 Å². The van der Waals surface area contributed by atoms with E-state index in [1.807, 2.05) is 12.3 Å². The molecule has 0 radical (unpaired) electrons. The molecule has 2 fully saturated rings. The van der Waals surface area contributed by atoms with Gasteiger partial charge < -0.3 is 19.0 Å². The molecule has 5 aromatic rings. The molecule has 2 aliphatic rings. The fourth-order valence-corrected chi connectivity index (χ4v) is 5.57. The molecule has 0 spiro atoms. The first-order valence-corrected chi connectivity index (χ1v) is 14.4. The summed E-state index contributed by atoms with van der Waals surface area (Å²) in [6.45, 7) is 4.01. The van der Waals surface area contributed by atoms with Crippen LogP contribution in [-0.4, -0.2) is 76.5 Å². The Labute approximate surface area is 246 Å². The van der Waals surface area contributed by atoms with Crippen LogP contribution in [0, 0.1) is 5.82 Å². The van der Waals surface area contributed by atoms with Gasteiger partial charge in [-0.1, -0.05) is 17.7 Å². The van der Waals surface area contributed by atoms with Gasteiger partial charge in [0, 0.05) is 43.4 Å². The van der Waals surface area contributed by atoms with Gasteiger partial charge in [-0.3, -0.25) is 9.88 Å². The molecule has 1 unspecified atom stereocenters. The molecule has 0 amide bonds. The smallest absolute Gasteiger partial charge is 0.216 e. The highest BCUT2D eigenvalue weighted by Gasteiger charge is 2.26. The number of fused-ring (bicyclic) bond motifs is 1. The highest BCUT2D eigenvalue weighted by Crippen LogP contribution is 2.26. The molecule has 1 aromatic carbocycles. The third kappa shape index (κ3) is 5.83. The SMILES string of the molecule is Fc1cc(Cl)ccc1Cc1nccc(OC2CCN(Cc3nc4cc(-c5nnc[nH]5)ncc4n3CC3CCO3)CC2)n1. The van der Waals surface area contributed by atoms with Gasteiger partial charge >= 0.3 is 0 Å². The van der Waals surface area contributed by atoms with Crippen molar-refractivity contribution in [2.24, 2.45) is 0 Å². The first kappa shape index (κ1) is 26.9. The average Bonchev–Trinajstić information content (AvgIpc) is 3.62. The summed E-state index contributed by atoms with van der Waals surface area (Å²) in [4.78, 5) is 23.9. The van der Waals surface area contributed by atoms with E-state index in [1.54, 1.807) is 30.7 Å². The monoisotopic (exact) mass is 589 g/mol. The standard InChI is InChI=1S/C29H29ClFN9O2/c30-19-2-1-18(22(31)12-19)11-26-32-7-3-28(37-26)42-20-4-8-39(9-5-20)16-27-36-23-13-24(29-34-17-35-38-29)33-14-25(23)40(27)15-21-6-10-41-21/h1-3,7,12-14,17,20-21H,4-6,8-11,15-16H2,(H,34,35,38). The maximum absolute atomic E-state index is 14.2. The lowest BCUT2D eigenvalue weighted by atomic mass is 10.1. The van der Waals surface area contributed by atoms with Crippen molar-refractivity contribution in [1.82, 2.24) is 44.6 Å². The number of ether oxygens (including phenoxy) is 2. The minimum absolute atomic E-state index is 0.0344. The van der Waals surface area contributed by atoms with Crippen LogP contribution in [0.15, 0.2) is 49.1 Å². The third-order valence-corrected chi connectivity index (χ3v) is 8.02. The van der Waals surface area contributed by atoms with E-state index in [9.17, 15) is 4.39 Å². The van der Waals surface area contributed by atoms with Crippen molar-refractivity contribution in [3.8, 4) is 17.4 Å². The Morgan fingerprint density at radius 3 is 2.74 bits per heavy atom. The minimum atomic E-state index is -0.370. The number of halogens is 2. The second kappa shape index (κ2) is 11.7. The summed E-state index contributed by atoms with van der Waals surface area (Å²) < 4.78 is 28.5. The average molecular weight is 590 g/mol. The normalized spacial score (nSPS) is 17.9. The molecule has 4 aromatic heterocycles.